The van der Waals surface area contributed by atoms with E-state index >= 15 is 0 Å². The number of carbonyl (C=O) groups is 1. The van der Waals surface area contributed by atoms with Crippen molar-refractivity contribution in [3.8, 4) is 0 Å². The van der Waals surface area contributed by atoms with Crippen LogP contribution in [-0.4, -0.2) is 27.1 Å². The first-order chi connectivity index (χ1) is 12.4. The Morgan fingerprint density at radius 2 is 1.63 bits per heavy atom. The third-order valence-corrected chi connectivity index (χ3v) is 5.48. The Bertz CT molecular complexity index is 927. The van der Waals surface area contributed by atoms with Crippen LogP contribution in [0.1, 0.15) is 37.5 Å². The van der Waals surface area contributed by atoms with E-state index in [0.29, 0.717) is 11.4 Å². The van der Waals surface area contributed by atoms with Crippen molar-refractivity contribution in [3.63, 3.8) is 0 Å². The summed E-state index contributed by atoms with van der Waals surface area (Å²) in [4.78, 5) is 12.5. The number of hydrogen-bond donors (Lipinski definition) is 1. The largest absolute Gasteiger partial charge is 0.325 e. The molecule has 2 rings (SSSR count). The van der Waals surface area contributed by atoms with Crippen molar-refractivity contribution in [2.75, 3.05) is 22.4 Å². The van der Waals surface area contributed by atoms with Crippen LogP contribution >= 0.6 is 0 Å². The van der Waals surface area contributed by atoms with E-state index < -0.39 is 10.0 Å². The second-order valence-corrected chi connectivity index (χ2v) is 9.84. The minimum atomic E-state index is -3.60. The Kier molecular flexibility index (Phi) is 6.00. The lowest BCUT2D eigenvalue weighted by molar-refractivity contribution is -0.114. The fourth-order valence-electron chi connectivity index (χ4n) is 2.75. The molecule has 0 saturated carbocycles. The van der Waals surface area contributed by atoms with Crippen LogP contribution in [0.2, 0.25) is 0 Å². The Morgan fingerprint density at radius 1 is 1.04 bits per heavy atom. The van der Waals surface area contributed by atoms with Gasteiger partial charge in [-0.1, -0.05) is 45.0 Å². The summed E-state index contributed by atoms with van der Waals surface area (Å²) < 4.78 is 25.7. The first-order valence-electron chi connectivity index (χ1n) is 8.83. The summed E-state index contributed by atoms with van der Waals surface area (Å²) in [5.41, 5.74) is 4.08. The average Bonchev–Trinajstić information content (AvgIpc) is 2.54. The number of aryl methyl sites for hydroxylation is 2. The van der Waals surface area contributed by atoms with Crippen LogP contribution in [-0.2, 0) is 20.2 Å². The molecule has 2 aromatic carbocycles. The molecule has 5 nitrogen and oxygen atoms in total. The van der Waals surface area contributed by atoms with Gasteiger partial charge in [-0.2, -0.15) is 0 Å². The highest BCUT2D eigenvalue weighted by Crippen LogP contribution is 2.25. The van der Waals surface area contributed by atoms with E-state index in [4.69, 9.17) is 0 Å². The molecule has 0 fully saturated rings. The summed E-state index contributed by atoms with van der Waals surface area (Å²) in [7, 11) is -3.60. The first kappa shape index (κ1) is 21.0. The molecule has 27 heavy (non-hydrogen) atoms. The molecule has 0 bridgehead atoms. The minimum absolute atomic E-state index is 0.0261. The zero-order chi connectivity index (χ0) is 20.4. The SMILES string of the molecule is Cc1ccc(C)c(N(CC(=O)Nc2ccc(C(C)(C)C)cc2)S(C)(=O)=O)c1. The predicted octanol–water partition coefficient (Wildman–Crippen LogP) is 4.01. The second-order valence-electron chi connectivity index (χ2n) is 7.94. The quantitative estimate of drug-likeness (QED) is 0.842. The second kappa shape index (κ2) is 7.72. The van der Waals surface area contributed by atoms with Gasteiger partial charge in [-0.3, -0.25) is 9.10 Å². The van der Waals surface area contributed by atoms with Crippen molar-refractivity contribution in [1.29, 1.82) is 0 Å². The molecule has 0 saturated heterocycles. The highest BCUT2D eigenvalue weighted by molar-refractivity contribution is 7.92. The van der Waals surface area contributed by atoms with Gasteiger partial charge in [0.15, 0.2) is 0 Å². The van der Waals surface area contributed by atoms with E-state index in [-0.39, 0.29) is 17.9 Å². The molecule has 0 unspecified atom stereocenters. The topological polar surface area (TPSA) is 66.5 Å². The van der Waals surface area contributed by atoms with Crippen LogP contribution in [0.5, 0.6) is 0 Å². The number of nitrogens with one attached hydrogen (secondary N) is 1. The summed E-state index contributed by atoms with van der Waals surface area (Å²) in [5, 5.41) is 2.78. The number of carbonyl (C=O) groups excluding carboxylic acids is 1. The van der Waals surface area contributed by atoms with Crippen molar-refractivity contribution in [2.24, 2.45) is 0 Å². The van der Waals surface area contributed by atoms with E-state index in [1.54, 1.807) is 6.07 Å². The zero-order valence-corrected chi connectivity index (χ0v) is 17.6. The Hall–Kier alpha value is -2.34. The lowest BCUT2D eigenvalue weighted by Crippen LogP contribution is -2.37. The van der Waals surface area contributed by atoms with Gasteiger partial charge in [0.05, 0.1) is 11.9 Å². The maximum atomic E-state index is 12.5. The van der Waals surface area contributed by atoms with Gasteiger partial charge in [-0.25, -0.2) is 8.42 Å². The number of benzene rings is 2. The van der Waals surface area contributed by atoms with E-state index in [9.17, 15) is 13.2 Å². The fourth-order valence-corrected chi connectivity index (χ4v) is 3.66. The molecular formula is C21H28N2O3S. The van der Waals surface area contributed by atoms with Crippen LogP contribution in [0.4, 0.5) is 11.4 Å². The van der Waals surface area contributed by atoms with Crippen LogP contribution in [0.15, 0.2) is 42.5 Å². The van der Waals surface area contributed by atoms with Gasteiger partial charge >= 0.3 is 0 Å². The van der Waals surface area contributed by atoms with Crippen molar-refractivity contribution in [3.05, 3.63) is 59.2 Å². The maximum Gasteiger partial charge on any atom is 0.245 e. The number of anilines is 2. The highest BCUT2D eigenvalue weighted by atomic mass is 32.2. The van der Waals surface area contributed by atoms with Crippen molar-refractivity contribution in [2.45, 2.75) is 40.0 Å². The monoisotopic (exact) mass is 388 g/mol. The van der Waals surface area contributed by atoms with Crippen molar-refractivity contribution >= 4 is 27.3 Å². The van der Waals surface area contributed by atoms with Crippen LogP contribution in [0.25, 0.3) is 0 Å². The Labute approximate surface area is 162 Å². The zero-order valence-electron chi connectivity index (χ0n) is 16.8. The molecular weight excluding hydrogens is 360 g/mol. The summed E-state index contributed by atoms with van der Waals surface area (Å²) in [5.74, 6) is -0.384. The Balaban J connectivity index is 2.21. The van der Waals surface area contributed by atoms with Gasteiger partial charge in [-0.05, 0) is 54.2 Å². The predicted molar refractivity (Wildman–Crippen MR) is 112 cm³/mol. The number of sulfonamides is 1. The molecule has 0 spiro atoms. The Morgan fingerprint density at radius 3 is 2.15 bits per heavy atom. The molecule has 0 radical (unpaired) electrons. The van der Waals surface area contributed by atoms with E-state index in [0.717, 1.165) is 27.3 Å². The first-order valence-corrected chi connectivity index (χ1v) is 10.7. The highest BCUT2D eigenvalue weighted by Gasteiger charge is 2.22. The molecule has 1 N–H and O–H groups in total. The van der Waals surface area contributed by atoms with Crippen LogP contribution in [0, 0.1) is 13.8 Å². The van der Waals surface area contributed by atoms with Gasteiger partial charge in [0.1, 0.15) is 6.54 Å². The molecule has 6 heteroatoms. The van der Waals surface area contributed by atoms with Crippen LogP contribution < -0.4 is 9.62 Å². The van der Waals surface area contributed by atoms with Gasteiger partial charge < -0.3 is 5.32 Å². The van der Waals surface area contributed by atoms with E-state index in [1.807, 2.05) is 50.2 Å². The maximum absolute atomic E-state index is 12.5. The van der Waals surface area contributed by atoms with Gasteiger partial charge in [-0.15, -0.1) is 0 Å². The smallest absolute Gasteiger partial charge is 0.245 e. The lowest BCUT2D eigenvalue weighted by Gasteiger charge is -2.24. The molecule has 0 aliphatic heterocycles. The van der Waals surface area contributed by atoms with Crippen molar-refractivity contribution < 1.29 is 13.2 Å². The van der Waals surface area contributed by atoms with Gasteiger partial charge in [0.2, 0.25) is 15.9 Å². The standard InChI is InChI=1S/C21H28N2O3S/c1-15-7-8-16(2)19(13-15)23(27(6,25)26)14-20(24)22-18-11-9-17(10-12-18)21(3,4)5/h7-13H,14H2,1-6H3,(H,22,24). The molecule has 2 aromatic rings. The average molecular weight is 389 g/mol. The number of nitrogens with zero attached hydrogens (tertiary/aromatic N) is 1. The van der Waals surface area contributed by atoms with Gasteiger partial charge in [0.25, 0.3) is 0 Å². The lowest BCUT2D eigenvalue weighted by atomic mass is 9.87. The summed E-state index contributed by atoms with van der Waals surface area (Å²) in [6, 6.07) is 13.1. The third kappa shape index (κ3) is 5.57. The van der Waals surface area contributed by atoms with Gasteiger partial charge in [0, 0.05) is 5.69 Å². The fraction of sp³-hybridized carbons (Fsp3) is 0.381. The molecule has 0 heterocycles. The normalized spacial score (nSPS) is 11.9. The summed E-state index contributed by atoms with van der Waals surface area (Å²) in [6.07, 6.45) is 1.11. The summed E-state index contributed by atoms with van der Waals surface area (Å²) in [6.45, 7) is 9.80. The molecule has 0 aliphatic rings. The number of rotatable bonds is 5. The molecule has 1 amide bonds. The number of hydrogen-bond acceptors (Lipinski definition) is 3. The molecule has 0 aromatic heterocycles. The number of amides is 1. The third-order valence-electron chi connectivity index (χ3n) is 4.36. The molecule has 0 atom stereocenters. The minimum Gasteiger partial charge on any atom is -0.325 e. The molecule has 0 aliphatic carbocycles. The van der Waals surface area contributed by atoms with Crippen molar-refractivity contribution in [1.82, 2.24) is 0 Å². The van der Waals surface area contributed by atoms with E-state index in [1.165, 1.54) is 0 Å². The van der Waals surface area contributed by atoms with E-state index in [2.05, 4.69) is 26.1 Å². The molecule has 146 valence electrons. The summed E-state index contributed by atoms with van der Waals surface area (Å²) >= 11 is 0. The van der Waals surface area contributed by atoms with Crippen LogP contribution in [0.3, 0.4) is 0 Å².